The van der Waals surface area contributed by atoms with Gasteiger partial charge in [0.05, 0.1) is 0 Å². The summed E-state index contributed by atoms with van der Waals surface area (Å²) < 4.78 is 11.2. The first-order chi connectivity index (χ1) is 15.2. The van der Waals surface area contributed by atoms with E-state index in [0.29, 0.717) is 34.3 Å². The number of fused-ring (bicyclic) bond motifs is 1. The first-order valence-electron chi connectivity index (χ1n) is 9.83. The van der Waals surface area contributed by atoms with Gasteiger partial charge in [-0.05, 0) is 49.4 Å². The fourth-order valence-electron chi connectivity index (χ4n) is 3.23. The van der Waals surface area contributed by atoms with Crippen molar-refractivity contribution in [1.82, 2.24) is 20.4 Å². The number of carbonyl (C=O) groups is 1. The van der Waals surface area contributed by atoms with Crippen LogP contribution in [-0.4, -0.2) is 21.0 Å². The maximum Gasteiger partial charge on any atom is 0.251 e. The number of nitrogens with zero attached hydrogens (tertiary/aromatic N) is 3. The van der Waals surface area contributed by atoms with Crippen molar-refractivity contribution in [3.63, 3.8) is 0 Å². The number of rotatable bonds is 5. The average molecular weight is 410 g/mol. The van der Waals surface area contributed by atoms with Crippen LogP contribution in [0.4, 0.5) is 0 Å². The summed E-state index contributed by atoms with van der Waals surface area (Å²) in [5.41, 5.74) is 3.60. The van der Waals surface area contributed by atoms with E-state index in [0.717, 1.165) is 11.1 Å². The summed E-state index contributed by atoms with van der Waals surface area (Å²) in [4.78, 5) is 21.4. The number of carbonyl (C=O) groups excluding carboxylic acids is 1. The number of benzene rings is 3. The van der Waals surface area contributed by atoms with E-state index in [4.69, 9.17) is 8.94 Å². The van der Waals surface area contributed by atoms with Crippen LogP contribution in [0, 0.1) is 0 Å². The Morgan fingerprint density at radius 3 is 2.42 bits per heavy atom. The van der Waals surface area contributed by atoms with Gasteiger partial charge in [-0.2, -0.15) is 4.98 Å². The lowest BCUT2D eigenvalue weighted by atomic mass is 10.2. The smallest absolute Gasteiger partial charge is 0.251 e. The molecule has 5 rings (SSSR count). The van der Waals surface area contributed by atoms with E-state index in [2.05, 4.69) is 20.4 Å². The predicted octanol–water partition coefficient (Wildman–Crippen LogP) is 5.04. The molecule has 0 spiro atoms. The predicted molar refractivity (Wildman–Crippen MR) is 115 cm³/mol. The number of nitrogens with one attached hydrogen (secondary N) is 1. The highest BCUT2D eigenvalue weighted by molar-refractivity contribution is 5.94. The van der Waals surface area contributed by atoms with Crippen molar-refractivity contribution >= 4 is 17.0 Å². The van der Waals surface area contributed by atoms with Gasteiger partial charge in [-0.3, -0.25) is 4.79 Å². The molecule has 0 bridgehead atoms. The third kappa shape index (κ3) is 3.81. The molecule has 0 aliphatic heterocycles. The van der Waals surface area contributed by atoms with Gasteiger partial charge in [0, 0.05) is 16.7 Å². The van der Waals surface area contributed by atoms with Crippen molar-refractivity contribution in [2.24, 2.45) is 0 Å². The van der Waals surface area contributed by atoms with E-state index in [1.165, 1.54) is 0 Å². The highest BCUT2D eigenvalue weighted by Crippen LogP contribution is 2.27. The summed E-state index contributed by atoms with van der Waals surface area (Å²) in [5.74, 6) is 1.09. The zero-order chi connectivity index (χ0) is 21.2. The van der Waals surface area contributed by atoms with Crippen molar-refractivity contribution < 1.29 is 13.7 Å². The molecule has 0 aliphatic carbocycles. The van der Waals surface area contributed by atoms with Gasteiger partial charge < -0.3 is 14.3 Å². The minimum atomic E-state index is -0.436. The third-order valence-corrected chi connectivity index (χ3v) is 4.86. The van der Waals surface area contributed by atoms with Crippen molar-refractivity contribution in [2.75, 3.05) is 0 Å². The Labute approximate surface area is 177 Å². The summed E-state index contributed by atoms with van der Waals surface area (Å²) in [6.45, 7) is 1.80. The fraction of sp³-hybridized carbons (Fsp3) is 0.0833. The standard InChI is InChI=1S/C24H18N4O3/c1-15(25-22(29)16-8-4-2-5-9-16)23-27-21(28-31-23)18-12-13-20-19(14-18)26-24(30-20)17-10-6-3-7-11-17/h2-15H,1H3,(H,25,29)/t15-/m1/s1. The number of hydrogen-bond donors (Lipinski definition) is 1. The molecule has 0 saturated heterocycles. The van der Waals surface area contributed by atoms with E-state index < -0.39 is 6.04 Å². The lowest BCUT2D eigenvalue weighted by molar-refractivity contribution is 0.0932. The van der Waals surface area contributed by atoms with Crippen LogP contribution in [0.1, 0.15) is 29.2 Å². The Hall–Kier alpha value is -4.26. The molecule has 0 radical (unpaired) electrons. The Bertz CT molecular complexity index is 1340. The average Bonchev–Trinajstić information content (AvgIpc) is 3.47. The maximum absolute atomic E-state index is 12.4. The van der Waals surface area contributed by atoms with E-state index in [-0.39, 0.29) is 5.91 Å². The molecule has 0 saturated carbocycles. The summed E-state index contributed by atoms with van der Waals surface area (Å²) >= 11 is 0. The van der Waals surface area contributed by atoms with Crippen molar-refractivity contribution in [2.45, 2.75) is 13.0 Å². The van der Waals surface area contributed by atoms with Gasteiger partial charge in [-0.25, -0.2) is 4.98 Å². The summed E-state index contributed by atoms with van der Waals surface area (Å²) in [6, 6.07) is 23.8. The quantitative estimate of drug-likeness (QED) is 0.436. The molecule has 1 atom stereocenters. The molecule has 0 fully saturated rings. The minimum absolute atomic E-state index is 0.203. The topological polar surface area (TPSA) is 94.1 Å². The second-order valence-corrected chi connectivity index (χ2v) is 7.08. The Kier molecular flexibility index (Phi) is 4.76. The molecule has 3 aromatic carbocycles. The molecule has 2 heterocycles. The molecule has 152 valence electrons. The largest absolute Gasteiger partial charge is 0.436 e. The van der Waals surface area contributed by atoms with Crippen LogP contribution in [0.3, 0.4) is 0 Å². The van der Waals surface area contributed by atoms with Gasteiger partial charge in [0.1, 0.15) is 11.6 Å². The summed E-state index contributed by atoms with van der Waals surface area (Å²) in [5, 5.41) is 6.93. The second-order valence-electron chi connectivity index (χ2n) is 7.08. The van der Waals surface area contributed by atoms with Gasteiger partial charge in [0.15, 0.2) is 5.58 Å². The molecule has 1 N–H and O–H groups in total. The van der Waals surface area contributed by atoms with Crippen molar-refractivity contribution in [1.29, 1.82) is 0 Å². The van der Waals surface area contributed by atoms with Crippen LogP contribution in [0.15, 0.2) is 87.8 Å². The molecule has 7 heteroatoms. The highest BCUT2D eigenvalue weighted by Gasteiger charge is 2.19. The molecule has 0 aliphatic rings. The lowest BCUT2D eigenvalue weighted by Crippen LogP contribution is -2.26. The van der Waals surface area contributed by atoms with Gasteiger partial charge in [0.25, 0.3) is 5.91 Å². The molecule has 1 amide bonds. The first-order valence-corrected chi connectivity index (χ1v) is 9.83. The number of hydrogen-bond acceptors (Lipinski definition) is 6. The number of oxazole rings is 1. The van der Waals surface area contributed by atoms with E-state index in [1.54, 1.807) is 19.1 Å². The zero-order valence-corrected chi connectivity index (χ0v) is 16.6. The van der Waals surface area contributed by atoms with Crippen LogP contribution >= 0.6 is 0 Å². The van der Waals surface area contributed by atoms with Gasteiger partial charge in [-0.15, -0.1) is 0 Å². The summed E-state index contributed by atoms with van der Waals surface area (Å²) in [7, 11) is 0. The van der Waals surface area contributed by atoms with Crippen molar-refractivity contribution in [3.05, 3.63) is 90.3 Å². The van der Waals surface area contributed by atoms with Crippen LogP contribution in [-0.2, 0) is 0 Å². The Morgan fingerprint density at radius 1 is 0.903 bits per heavy atom. The highest BCUT2D eigenvalue weighted by atomic mass is 16.5. The summed E-state index contributed by atoms with van der Waals surface area (Å²) in [6.07, 6.45) is 0. The van der Waals surface area contributed by atoms with Gasteiger partial charge >= 0.3 is 0 Å². The van der Waals surface area contributed by atoms with E-state index in [1.807, 2.05) is 66.7 Å². The van der Waals surface area contributed by atoms with Crippen LogP contribution in [0.25, 0.3) is 33.9 Å². The van der Waals surface area contributed by atoms with Gasteiger partial charge in [0.2, 0.25) is 17.6 Å². The lowest BCUT2D eigenvalue weighted by Gasteiger charge is -2.09. The molecule has 5 aromatic rings. The van der Waals surface area contributed by atoms with Crippen LogP contribution in [0.5, 0.6) is 0 Å². The maximum atomic E-state index is 12.4. The monoisotopic (exact) mass is 410 g/mol. The molecular weight excluding hydrogens is 392 g/mol. The molecular formula is C24H18N4O3. The zero-order valence-electron chi connectivity index (χ0n) is 16.6. The normalized spacial score (nSPS) is 12.0. The molecule has 31 heavy (non-hydrogen) atoms. The number of amides is 1. The van der Waals surface area contributed by atoms with Crippen molar-refractivity contribution in [3.8, 4) is 22.8 Å². The van der Waals surface area contributed by atoms with Crippen LogP contribution < -0.4 is 5.32 Å². The Morgan fingerprint density at radius 2 is 1.65 bits per heavy atom. The molecule has 7 nitrogen and oxygen atoms in total. The Balaban J connectivity index is 1.37. The molecule has 2 aromatic heterocycles. The van der Waals surface area contributed by atoms with Crippen LogP contribution in [0.2, 0.25) is 0 Å². The van der Waals surface area contributed by atoms with Gasteiger partial charge in [-0.1, -0.05) is 41.6 Å². The third-order valence-electron chi connectivity index (χ3n) is 4.86. The fourth-order valence-corrected chi connectivity index (χ4v) is 3.23. The molecule has 0 unspecified atom stereocenters. The number of aromatic nitrogens is 3. The SMILES string of the molecule is C[C@@H](NC(=O)c1ccccc1)c1nc(-c2ccc3oc(-c4ccccc4)nc3c2)no1. The van der Waals surface area contributed by atoms with E-state index in [9.17, 15) is 4.79 Å². The minimum Gasteiger partial charge on any atom is -0.436 e. The first kappa shape index (κ1) is 18.7. The van der Waals surface area contributed by atoms with E-state index >= 15 is 0 Å². The second kappa shape index (κ2) is 7.87.